The minimum Gasteiger partial charge on any atom is -0.214 e. The smallest absolute Gasteiger partial charge is 0.214 e. The van der Waals surface area contributed by atoms with E-state index in [-0.39, 0.29) is 10.5 Å². The van der Waals surface area contributed by atoms with E-state index < -0.39 is 21.8 Å². The Kier molecular flexibility index (Phi) is 3.30. The Morgan fingerprint density at radius 2 is 1.81 bits per heavy atom. The van der Waals surface area contributed by atoms with Crippen molar-refractivity contribution in [2.75, 3.05) is 7.05 Å². The zero-order chi connectivity index (χ0) is 12.6. The summed E-state index contributed by atoms with van der Waals surface area (Å²) in [7, 11) is -2.71. The highest BCUT2D eigenvalue weighted by Crippen LogP contribution is 2.31. The first-order valence-corrected chi connectivity index (χ1v) is 5.78. The minimum absolute atomic E-state index is 0.266. The molecular weight excluding hydrogens is 243 g/mol. The Morgan fingerprint density at radius 1 is 1.25 bits per heavy atom. The maximum absolute atomic E-state index is 12.4. The van der Waals surface area contributed by atoms with Gasteiger partial charge in [-0.25, -0.2) is 13.1 Å². The van der Waals surface area contributed by atoms with Gasteiger partial charge in [0.2, 0.25) is 10.0 Å². The second-order valence-corrected chi connectivity index (χ2v) is 5.04. The molecule has 0 radical (unpaired) electrons. The maximum atomic E-state index is 12.4. The number of hydrogen-bond donors (Lipinski definition) is 1. The van der Waals surface area contributed by atoms with Gasteiger partial charge in [-0.2, -0.15) is 13.2 Å². The van der Waals surface area contributed by atoms with Crippen LogP contribution in [0, 0.1) is 6.92 Å². The first kappa shape index (κ1) is 13.0. The SMILES string of the molecule is CNS(=O)(=O)c1cc(C(F)(F)F)ccc1C. The van der Waals surface area contributed by atoms with Gasteiger partial charge in [-0.3, -0.25) is 0 Å². The molecule has 1 N–H and O–H groups in total. The van der Waals surface area contributed by atoms with Crippen LogP contribution in [-0.4, -0.2) is 15.5 Å². The standard InChI is InChI=1S/C9H10F3NO2S/c1-6-3-4-7(9(10,11)12)5-8(6)16(14,15)13-2/h3-5,13H,1-2H3. The lowest BCUT2D eigenvalue weighted by Crippen LogP contribution is -2.20. The highest BCUT2D eigenvalue weighted by Gasteiger charge is 2.32. The van der Waals surface area contributed by atoms with Crippen molar-refractivity contribution in [2.24, 2.45) is 0 Å². The van der Waals surface area contributed by atoms with Crippen molar-refractivity contribution in [2.45, 2.75) is 18.0 Å². The third kappa shape index (κ3) is 2.53. The fourth-order valence-electron chi connectivity index (χ4n) is 1.18. The third-order valence-electron chi connectivity index (χ3n) is 2.07. The van der Waals surface area contributed by atoms with Crippen molar-refractivity contribution >= 4 is 10.0 Å². The lowest BCUT2D eigenvalue weighted by Gasteiger charge is -2.11. The molecule has 0 aliphatic heterocycles. The summed E-state index contributed by atoms with van der Waals surface area (Å²) >= 11 is 0. The molecule has 0 atom stereocenters. The second kappa shape index (κ2) is 4.06. The van der Waals surface area contributed by atoms with Gasteiger partial charge in [0.25, 0.3) is 0 Å². The molecule has 3 nitrogen and oxygen atoms in total. The molecule has 0 aliphatic rings. The first-order chi connectivity index (χ1) is 7.18. The van der Waals surface area contributed by atoms with E-state index in [1.165, 1.54) is 6.92 Å². The van der Waals surface area contributed by atoms with E-state index in [0.717, 1.165) is 19.2 Å². The molecule has 0 saturated carbocycles. The average molecular weight is 253 g/mol. The zero-order valence-corrected chi connectivity index (χ0v) is 9.41. The first-order valence-electron chi connectivity index (χ1n) is 4.30. The summed E-state index contributed by atoms with van der Waals surface area (Å²) in [6.45, 7) is 1.43. The number of aryl methyl sites for hydroxylation is 1. The molecular formula is C9H10F3NO2S. The summed E-state index contributed by atoms with van der Waals surface area (Å²) in [6, 6.07) is 2.61. The predicted molar refractivity (Wildman–Crippen MR) is 52.4 cm³/mol. The lowest BCUT2D eigenvalue weighted by molar-refractivity contribution is -0.137. The fraction of sp³-hybridized carbons (Fsp3) is 0.333. The molecule has 0 bridgehead atoms. The van der Waals surface area contributed by atoms with Gasteiger partial charge in [0.05, 0.1) is 10.5 Å². The Hall–Kier alpha value is -1.08. The summed E-state index contributed by atoms with van der Waals surface area (Å²) in [5, 5.41) is 0. The van der Waals surface area contributed by atoms with Gasteiger partial charge in [-0.15, -0.1) is 0 Å². The number of sulfonamides is 1. The molecule has 7 heteroatoms. The molecule has 0 unspecified atom stereocenters. The number of benzene rings is 1. The second-order valence-electron chi connectivity index (χ2n) is 3.19. The van der Waals surface area contributed by atoms with E-state index in [1.54, 1.807) is 0 Å². The summed E-state index contributed by atoms with van der Waals surface area (Å²) in [4.78, 5) is -0.357. The molecule has 0 spiro atoms. The van der Waals surface area contributed by atoms with Gasteiger partial charge in [0.1, 0.15) is 0 Å². The number of hydrogen-bond acceptors (Lipinski definition) is 2. The molecule has 0 aromatic heterocycles. The Labute approximate surface area is 91.3 Å². The number of nitrogens with one attached hydrogen (secondary N) is 1. The van der Waals surface area contributed by atoms with Crippen LogP contribution in [0.3, 0.4) is 0 Å². The Bertz CT molecular complexity index is 494. The number of halogens is 3. The van der Waals surface area contributed by atoms with Gasteiger partial charge >= 0.3 is 6.18 Å². The van der Waals surface area contributed by atoms with Gasteiger partial charge in [-0.1, -0.05) is 6.07 Å². The van der Waals surface area contributed by atoms with Crippen LogP contribution in [0.4, 0.5) is 13.2 Å². The molecule has 1 aromatic rings. The van der Waals surface area contributed by atoms with E-state index in [9.17, 15) is 21.6 Å². The van der Waals surface area contributed by atoms with Crippen LogP contribution in [0.2, 0.25) is 0 Å². The highest BCUT2D eigenvalue weighted by atomic mass is 32.2. The zero-order valence-electron chi connectivity index (χ0n) is 8.59. The molecule has 16 heavy (non-hydrogen) atoms. The van der Waals surface area contributed by atoms with E-state index >= 15 is 0 Å². The van der Waals surface area contributed by atoms with Crippen molar-refractivity contribution in [3.05, 3.63) is 29.3 Å². The molecule has 0 fully saturated rings. The largest absolute Gasteiger partial charge is 0.416 e. The van der Waals surface area contributed by atoms with Crippen LogP contribution >= 0.6 is 0 Å². The van der Waals surface area contributed by atoms with Gasteiger partial charge in [-0.05, 0) is 31.7 Å². The van der Waals surface area contributed by atoms with E-state index in [0.29, 0.717) is 6.07 Å². The molecule has 0 saturated heterocycles. The van der Waals surface area contributed by atoms with Crippen molar-refractivity contribution in [1.82, 2.24) is 4.72 Å². The summed E-state index contributed by atoms with van der Waals surface area (Å²) in [6.07, 6.45) is -4.55. The van der Waals surface area contributed by atoms with E-state index in [4.69, 9.17) is 0 Å². The van der Waals surface area contributed by atoms with Crippen LogP contribution in [0.15, 0.2) is 23.1 Å². The minimum atomic E-state index is -4.55. The van der Waals surface area contributed by atoms with Crippen molar-refractivity contribution in [1.29, 1.82) is 0 Å². The van der Waals surface area contributed by atoms with Gasteiger partial charge in [0, 0.05) is 0 Å². The summed E-state index contributed by atoms with van der Waals surface area (Å²) in [5.41, 5.74) is -0.714. The van der Waals surface area contributed by atoms with Crippen molar-refractivity contribution in [3.8, 4) is 0 Å². The molecule has 0 amide bonds. The topological polar surface area (TPSA) is 46.2 Å². The monoisotopic (exact) mass is 253 g/mol. The van der Waals surface area contributed by atoms with Crippen molar-refractivity contribution in [3.63, 3.8) is 0 Å². The number of rotatable bonds is 2. The molecule has 0 heterocycles. The average Bonchev–Trinajstić information content (AvgIpc) is 2.16. The predicted octanol–water partition coefficient (Wildman–Crippen LogP) is 1.92. The van der Waals surface area contributed by atoms with Gasteiger partial charge < -0.3 is 0 Å². The molecule has 90 valence electrons. The van der Waals surface area contributed by atoms with Crippen LogP contribution in [-0.2, 0) is 16.2 Å². The summed E-state index contributed by atoms with van der Waals surface area (Å²) < 4.78 is 62.0. The third-order valence-corrected chi connectivity index (χ3v) is 3.63. The van der Waals surface area contributed by atoms with E-state index in [1.807, 2.05) is 4.72 Å². The quantitative estimate of drug-likeness (QED) is 0.875. The fourth-order valence-corrected chi connectivity index (χ4v) is 2.17. The maximum Gasteiger partial charge on any atom is 0.416 e. The van der Waals surface area contributed by atoms with Crippen LogP contribution in [0.1, 0.15) is 11.1 Å². The van der Waals surface area contributed by atoms with Crippen LogP contribution < -0.4 is 4.72 Å². The van der Waals surface area contributed by atoms with Crippen molar-refractivity contribution < 1.29 is 21.6 Å². The lowest BCUT2D eigenvalue weighted by atomic mass is 10.1. The molecule has 0 aliphatic carbocycles. The van der Waals surface area contributed by atoms with Gasteiger partial charge in [0.15, 0.2) is 0 Å². The Balaban J connectivity index is 3.42. The van der Waals surface area contributed by atoms with Crippen LogP contribution in [0.25, 0.3) is 0 Å². The Morgan fingerprint density at radius 3 is 2.25 bits per heavy atom. The van der Waals surface area contributed by atoms with Crippen LogP contribution in [0.5, 0.6) is 0 Å². The normalized spacial score (nSPS) is 12.8. The highest BCUT2D eigenvalue weighted by molar-refractivity contribution is 7.89. The molecule has 1 rings (SSSR count). The molecule has 1 aromatic carbocycles. The number of alkyl halides is 3. The summed E-state index contributed by atoms with van der Waals surface area (Å²) in [5.74, 6) is 0. The van der Waals surface area contributed by atoms with E-state index in [2.05, 4.69) is 0 Å².